The Balaban J connectivity index is 1.56. The van der Waals surface area contributed by atoms with Crippen molar-refractivity contribution in [2.75, 3.05) is 6.61 Å². The topological polar surface area (TPSA) is 86.5 Å². The fourth-order valence-corrected chi connectivity index (χ4v) is 5.57. The largest absolute Gasteiger partial charge is 0.444 e. The fraction of sp³-hybridized carbons (Fsp3) is 0.520. The standard InChI is InChI=1S/C25H30BrIN4O4/c1-5-8-34-14-16-6-7-22(26)29-18(16)9-20(32)19-10-25(15-30-13-17(27)12-28-30)11-21(25)31(19)23(33)35-24(2,3)4/h5-7,12-13,19,21H,1,8-11,14-15H2,2-4H3/t19-,21+,25-/m0/s1. The number of ether oxygens (including phenoxy) is 2. The van der Waals surface area contributed by atoms with Crippen LogP contribution in [-0.4, -0.2) is 55.8 Å². The number of carbonyl (C=O) groups is 2. The molecule has 0 unspecified atom stereocenters. The lowest BCUT2D eigenvalue weighted by Gasteiger charge is -2.30. The van der Waals surface area contributed by atoms with Gasteiger partial charge in [0.25, 0.3) is 0 Å². The SMILES string of the molecule is C=CCOCc1ccc(Br)nc1CC(=O)[C@@H]1C[C@@]2(Cn3cc(I)cn3)C[C@H]2N1C(=O)OC(C)(C)C. The summed E-state index contributed by atoms with van der Waals surface area (Å²) in [5.41, 5.74) is 0.669. The van der Waals surface area contributed by atoms with Crippen LogP contribution in [0.2, 0.25) is 0 Å². The van der Waals surface area contributed by atoms with Gasteiger partial charge in [-0.15, -0.1) is 6.58 Å². The van der Waals surface area contributed by atoms with E-state index in [0.717, 1.165) is 15.6 Å². The lowest BCUT2D eigenvalue weighted by atomic mass is 9.94. The molecule has 2 fully saturated rings. The zero-order valence-electron chi connectivity index (χ0n) is 20.2. The van der Waals surface area contributed by atoms with Crippen LogP contribution < -0.4 is 0 Å². The molecule has 0 aromatic carbocycles. The van der Waals surface area contributed by atoms with Crippen LogP contribution in [-0.2, 0) is 33.8 Å². The lowest BCUT2D eigenvalue weighted by Crippen LogP contribution is -2.46. The van der Waals surface area contributed by atoms with Gasteiger partial charge in [-0.3, -0.25) is 14.4 Å². The summed E-state index contributed by atoms with van der Waals surface area (Å²) in [6, 6.07) is 3.13. The average molecular weight is 657 g/mol. The minimum atomic E-state index is -0.648. The molecule has 0 bridgehead atoms. The van der Waals surface area contributed by atoms with E-state index in [1.807, 2.05) is 50.0 Å². The predicted molar refractivity (Wildman–Crippen MR) is 143 cm³/mol. The van der Waals surface area contributed by atoms with Crippen molar-refractivity contribution in [1.29, 1.82) is 0 Å². The number of nitrogens with zero attached hydrogens (tertiary/aromatic N) is 4. The highest BCUT2D eigenvalue weighted by molar-refractivity contribution is 14.1. The number of carbonyl (C=O) groups excluding carboxylic acids is 2. The number of hydrogen-bond donors (Lipinski definition) is 0. The van der Waals surface area contributed by atoms with Crippen LogP contribution in [0.4, 0.5) is 4.79 Å². The number of Topliss-reactive ketones (excluding diaryl/α,β-unsaturated/α-hetero) is 1. The molecule has 4 rings (SSSR count). The van der Waals surface area contributed by atoms with Gasteiger partial charge in [0.05, 0.1) is 41.1 Å². The van der Waals surface area contributed by atoms with Gasteiger partial charge in [-0.25, -0.2) is 9.78 Å². The maximum atomic E-state index is 13.7. The van der Waals surface area contributed by atoms with E-state index in [9.17, 15) is 9.59 Å². The van der Waals surface area contributed by atoms with E-state index in [0.29, 0.717) is 36.5 Å². The fourth-order valence-electron chi connectivity index (χ4n) is 4.78. The lowest BCUT2D eigenvalue weighted by molar-refractivity contribution is -0.123. The molecule has 1 aliphatic heterocycles. The summed E-state index contributed by atoms with van der Waals surface area (Å²) in [6.45, 7) is 10.6. The van der Waals surface area contributed by atoms with Gasteiger partial charge in [0, 0.05) is 24.2 Å². The summed E-state index contributed by atoms with van der Waals surface area (Å²) in [5.74, 6) is -0.0481. The maximum absolute atomic E-state index is 13.7. The van der Waals surface area contributed by atoms with Crippen LogP contribution in [0, 0.1) is 8.99 Å². The Morgan fingerprint density at radius 3 is 2.77 bits per heavy atom. The van der Waals surface area contributed by atoms with Crippen LogP contribution >= 0.6 is 38.5 Å². The van der Waals surface area contributed by atoms with Gasteiger partial charge < -0.3 is 9.47 Å². The number of aromatic nitrogens is 3. The third-order valence-corrected chi connectivity index (χ3v) is 7.34. The number of hydrogen-bond acceptors (Lipinski definition) is 6. The molecule has 0 spiro atoms. The Labute approximate surface area is 227 Å². The van der Waals surface area contributed by atoms with Gasteiger partial charge in [-0.05, 0) is 83.8 Å². The summed E-state index contributed by atoms with van der Waals surface area (Å²) in [6.07, 6.45) is 6.57. The molecule has 2 aromatic rings. The Kier molecular flexibility index (Phi) is 7.73. The highest BCUT2D eigenvalue weighted by Crippen LogP contribution is 2.61. The van der Waals surface area contributed by atoms with E-state index in [1.54, 1.807) is 11.0 Å². The first-order valence-electron chi connectivity index (χ1n) is 11.6. The number of likely N-dealkylation sites (tertiary alicyclic amines) is 1. The van der Waals surface area contributed by atoms with Crippen molar-refractivity contribution in [3.63, 3.8) is 0 Å². The molecule has 1 amide bonds. The Hall–Kier alpha value is -1.79. The minimum absolute atomic E-state index is 0.0426. The zero-order valence-corrected chi connectivity index (χ0v) is 23.9. The molecule has 8 nitrogen and oxygen atoms in total. The van der Waals surface area contributed by atoms with Crippen LogP contribution in [0.15, 0.2) is 41.8 Å². The van der Waals surface area contributed by atoms with Crippen LogP contribution in [0.1, 0.15) is 44.9 Å². The summed E-state index contributed by atoms with van der Waals surface area (Å²) in [5, 5.41) is 4.43. The zero-order chi connectivity index (χ0) is 25.4. The number of pyridine rings is 1. The first-order chi connectivity index (χ1) is 16.5. The first-order valence-corrected chi connectivity index (χ1v) is 13.4. The third-order valence-electron chi connectivity index (χ3n) is 6.34. The number of ketones is 1. The van der Waals surface area contributed by atoms with Crippen molar-refractivity contribution in [3.8, 4) is 0 Å². The summed E-state index contributed by atoms with van der Waals surface area (Å²) in [4.78, 5) is 33.1. The summed E-state index contributed by atoms with van der Waals surface area (Å²) >= 11 is 5.64. The van der Waals surface area contributed by atoms with Crippen molar-refractivity contribution in [2.45, 2.75) is 70.9 Å². The molecule has 10 heteroatoms. The number of halogens is 2. The molecular formula is C25H30BrIN4O4. The van der Waals surface area contributed by atoms with Crippen LogP contribution in [0.3, 0.4) is 0 Å². The van der Waals surface area contributed by atoms with E-state index < -0.39 is 17.7 Å². The highest BCUT2D eigenvalue weighted by Gasteiger charge is 2.67. The van der Waals surface area contributed by atoms with Crippen molar-refractivity contribution < 1.29 is 19.1 Å². The van der Waals surface area contributed by atoms with E-state index in [1.165, 1.54) is 0 Å². The molecule has 1 aliphatic carbocycles. The van der Waals surface area contributed by atoms with Crippen molar-refractivity contribution >= 4 is 50.4 Å². The number of amides is 1. The van der Waals surface area contributed by atoms with Gasteiger partial charge in [0.15, 0.2) is 5.78 Å². The molecular weight excluding hydrogens is 627 g/mol. The third kappa shape index (κ3) is 6.14. The molecule has 3 heterocycles. The van der Waals surface area contributed by atoms with Gasteiger partial charge in [-0.1, -0.05) is 12.1 Å². The van der Waals surface area contributed by atoms with Gasteiger partial charge in [0.2, 0.25) is 0 Å². The van der Waals surface area contributed by atoms with E-state index in [4.69, 9.17) is 9.47 Å². The minimum Gasteiger partial charge on any atom is -0.444 e. The van der Waals surface area contributed by atoms with Crippen molar-refractivity contribution in [1.82, 2.24) is 19.7 Å². The highest BCUT2D eigenvalue weighted by atomic mass is 127. The van der Waals surface area contributed by atoms with Crippen LogP contribution in [0.25, 0.3) is 0 Å². The first kappa shape index (κ1) is 26.3. The molecule has 35 heavy (non-hydrogen) atoms. The summed E-state index contributed by atoms with van der Waals surface area (Å²) < 4.78 is 14.9. The molecule has 3 atom stereocenters. The number of fused-ring (bicyclic) bond motifs is 1. The average Bonchev–Trinajstić information content (AvgIpc) is 3.11. The van der Waals surface area contributed by atoms with Crippen LogP contribution in [0.5, 0.6) is 0 Å². The Morgan fingerprint density at radius 1 is 1.34 bits per heavy atom. The Bertz CT molecular complexity index is 1130. The van der Waals surface area contributed by atoms with Gasteiger partial charge in [-0.2, -0.15) is 5.10 Å². The van der Waals surface area contributed by atoms with Crippen molar-refractivity contribution in [2.24, 2.45) is 5.41 Å². The van der Waals surface area contributed by atoms with E-state index in [2.05, 4.69) is 55.2 Å². The number of piperidine rings is 1. The van der Waals surface area contributed by atoms with E-state index >= 15 is 0 Å². The second kappa shape index (κ2) is 10.3. The molecule has 0 N–H and O–H groups in total. The molecule has 1 saturated heterocycles. The van der Waals surface area contributed by atoms with Gasteiger partial charge >= 0.3 is 6.09 Å². The number of rotatable bonds is 9. The second-order valence-electron chi connectivity index (χ2n) is 10.2. The normalized spacial score (nSPS) is 23.2. The maximum Gasteiger partial charge on any atom is 0.411 e. The van der Waals surface area contributed by atoms with E-state index in [-0.39, 0.29) is 23.7 Å². The second-order valence-corrected chi connectivity index (χ2v) is 12.3. The van der Waals surface area contributed by atoms with Crippen molar-refractivity contribution in [3.05, 3.63) is 56.6 Å². The molecule has 2 aliphatic rings. The quantitative estimate of drug-likeness (QED) is 0.165. The molecule has 1 saturated carbocycles. The van der Waals surface area contributed by atoms with Gasteiger partial charge in [0.1, 0.15) is 10.2 Å². The molecule has 188 valence electrons. The summed E-state index contributed by atoms with van der Waals surface area (Å²) in [7, 11) is 0. The predicted octanol–water partition coefficient (Wildman–Crippen LogP) is 4.93. The molecule has 2 aromatic heterocycles. The Morgan fingerprint density at radius 2 is 2.11 bits per heavy atom. The smallest absolute Gasteiger partial charge is 0.411 e. The molecule has 0 radical (unpaired) electrons. The monoisotopic (exact) mass is 656 g/mol.